The number of hydrogen-bond donors (Lipinski definition) is 4. The van der Waals surface area contributed by atoms with E-state index in [-0.39, 0.29) is 31.0 Å². The molecule has 1 fully saturated rings. The maximum Gasteiger partial charge on any atom is 0.303 e. The summed E-state index contributed by atoms with van der Waals surface area (Å²) in [5.41, 5.74) is 1.25. The van der Waals surface area contributed by atoms with Crippen molar-refractivity contribution in [2.24, 2.45) is 5.92 Å². The summed E-state index contributed by atoms with van der Waals surface area (Å²) in [7, 11) is 0. The predicted molar refractivity (Wildman–Crippen MR) is 113 cm³/mol. The van der Waals surface area contributed by atoms with Gasteiger partial charge in [-0.15, -0.1) is 11.3 Å². The highest BCUT2D eigenvalue weighted by Gasteiger charge is 2.36. The molecule has 30 heavy (non-hydrogen) atoms. The molecule has 1 saturated carbocycles. The van der Waals surface area contributed by atoms with Gasteiger partial charge in [0.25, 0.3) is 0 Å². The third-order valence-corrected chi connectivity index (χ3v) is 6.82. The Labute approximate surface area is 178 Å². The fourth-order valence-corrected chi connectivity index (χ4v) is 5.03. The zero-order valence-electron chi connectivity index (χ0n) is 16.7. The predicted octanol–water partition coefficient (Wildman–Crippen LogP) is 3.95. The molecule has 3 rings (SSSR count). The summed E-state index contributed by atoms with van der Waals surface area (Å²) in [6, 6.07) is 4.65. The second-order valence-electron chi connectivity index (χ2n) is 7.87. The normalized spacial score (nSPS) is 24.0. The van der Waals surface area contributed by atoms with E-state index in [4.69, 9.17) is 5.11 Å². The van der Waals surface area contributed by atoms with Gasteiger partial charge >= 0.3 is 5.97 Å². The van der Waals surface area contributed by atoms with Gasteiger partial charge in [-0.25, -0.2) is 9.37 Å². The Hall–Kier alpha value is -1.87. The second-order valence-corrected chi connectivity index (χ2v) is 8.90. The van der Waals surface area contributed by atoms with Gasteiger partial charge in [-0.2, -0.15) is 0 Å². The van der Waals surface area contributed by atoms with Gasteiger partial charge in [0.2, 0.25) is 0 Å². The minimum atomic E-state index is -0.907. The number of thiazole rings is 1. The van der Waals surface area contributed by atoms with Crippen LogP contribution in [-0.4, -0.2) is 43.6 Å². The molecule has 0 spiro atoms. The molecule has 164 valence electrons. The summed E-state index contributed by atoms with van der Waals surface area (Å²) in [5.74, 6) is -1.32. The summed E-state index contributed by atoms with van der Waals surface area (Å²) in [5, 5.41) is 40.3. The van der Waals surface area contributed by atoms with E-state index >= 15 is 0 Å². The molecule has 1 aromatic carbocycles. The lowest BCUT2D eigenvalue weighted by molar-refractivity contribution is -0.137. The van der Waals surface area contributed by atoms with Crippen molar-refractivity contribution >= 4 is 27.5 Å². The van der Waals surface area contributed by atoms with Gasteiger partial charge in [0.05, 0.1) is 22.4 Å². The Balaban J connectivity index is 1.58. The Kier molecular flexibility index (Phi) is 7.93. The second kappa shape index (κ2) is 10.4. The van der Waals surface area contributed by atoms with Gasteiger partial charge in [-0.05, 0) is 37.0 Å². The van der Waals surface area contributed by atoms with E-state index in [1.54, 1.807) is 18.2 Å². The van der Waals surface area contributed by atoms with Crippen LogP contribution in [0.2, 0.25) is 0 Å². The number of aliphatic hydroxyl groups excluding tert-OH is 3. The summed E-state index contributed by atoms with van der Waals surface area (Å²) in [4.78, 5) is 14.9. The lowest BCUT2D eigenvalue weighted by atomic mass is 9.92. The summed E-state index contributed by atoms with van der Waals surface area (Å²) < 4.78 is 14.3. The molecule has 0 aliphatic heterocycles. The highest BCUT2D eigenvalue weighted by atomic mass is 32.1. The van der Waals surface area contributed by atoms with Gasteiger partial charge in [0, 0.05) is 18.8 Å². The molecule has 1 heterocycles. The molecule has 0 amide bonds. The van der Waals surface area contributed by atoms with Crippen LogP contribution in [0.3, 0.4) is 0 Å². The minimum absolute atomic E-state index is 0.167. The minimum Gasteiger partial charge on any atom is -0.481 e. The number of aliphatic hydroxyl groups is 3. The Morgan fingerprint density at radius 3 is 2.77 bits per heavy atom. The van der Waals surface area contributed by atoms with E-state index in [2.05, 4.69) is 4.98 Å². The Morgan fingerprint density at radius 1 is 1.27 bits per heavy atom. The first kappa shape index (κ1) is 22.8. The summed E-state index contributed by atoms with van der Waals surface area (Å²) in [6.07, 6.45) is 4.07. The van der Waals surface area contributed by atoms with Crippen LogP contribution in [0.1, 0.15) is 62.5 Å². The number of aliphatic carboxylic acids is 1. The van der Waals surface area contributed by atoms with Crippen molar-refractivity contribution in [2.45, 2.75) is 69.7 Å². The van der Waals surface area contributed by atoms with Crippen LogP contribution in [0.15, 0.2) is 29.8 Å². The average molecular weight is 438 g/mol. The number of aromatic nitrogens is 1. The van der Waals surface area contributed by atoms with E-state index in [1.807, 2.05) is 0 Å². The topological polar surface area (TPSA) is 111 Å². The average Bonchev–Trinajstić information content (AvgIpc) is 3.24. The molecule has 4 atom stereocenters. The number of carboxylic acids is 1. The lowest BCUT2D eigenvalue weighted by Crippen LogP contribution is -2.14. The standard InChI is InChI=1S/C22H28FNO5S/c23-15-7-5-8-16-21(15)30-22(24-16)17(25)11-10-14-13(18(26)12-19(14)27)6-3-1-2-4-9-20(28)29/h5,7-8,10,13,17-19,25-27H,1-4,6,9,11-12H2,(H,28,29)/b14-10+/t13-,17?,18+,19?/m1/s1. The van der Waals surface area contributed by atoms with Crippen molar-refractivity contribution in [3.8, 4) is 0 Å². The van der Waals surface area contributed by atoms with Gasteiger partial charge in [-0.3, -0.25) is 4.79 Å². The first-order chi connectivity index (χ1) is 14.4. The highest BCUT2D eigenvalue weighted by molar-refractivity contribution is 7.18. The number of fused-ring (bicyclic) bond motifs is 1. The van der Waals surface area contributed by atoms with Crippen LogP contribution in [0, 0.1) is 11.7 Å². The number of hydrogen-bond acceptors (Lipinski definition) is 6. The monoisotopic (exact) mass is 437 g/mol. The fraction of sp³-hybridized carbons (Fsp3) is 0.545. The van der Waals surface area contributed by atoms with E-state index in [0.717, 1.165) is 36.2 Å². The van der Waals surface area contributed by atoms with Crippen molar-refractivity contribution < 1.29 is 29.6 Å². The quantitative estimate of drug-likeness (QED) is 0.331. The Bertz CT molecular complexity index is 899. The van der Waals surface area contributed by atoms with Crippen molar-refractivity contribution in [1.82, 2.24) is 4.98 Å². The van der Waals surface area contributed by atoms with Crippen LogP contribution in [0.25, 0.3) is 10.2 Å². The summed E-state index contributed by atoms with van der Waals surface area (Å²) in [6.45, 7) is 0. The van der Waals surface area contributed by atoms with Crippen LogP contribution in [0.4, 0.5) is 4.39 Å². The number of nitrogens with zero attached hydrogens (tertiary/aromatic N) is 1. The molecule has 0 saturated heterocycles. The summed E-state index contributed by atoms with van der Waals surface area (Å²) >= 11 is 1.12. The molecule has 2 aromatic rings. The fourth-order valence-electron chi connectivity index (χ4n) is 4.06. The maximum absolute atomic E-state index is 13.9. The van der Waals surface area contributed by atoms with Gasteiger partial charge in [-0.1, -0.05) is 31.4 Å². The molecular formula is C22H28FNO5S. The third-order valence-electron chi connectivity index (χ3n) is 5.64. The van der Waals surface area contributed by atoms with Crippen molar-refractivity contribution in [1.29, 1.82) is 0 Å². The highest BCUT2D eigenvalue weighted by Crippen LogP contribution is 2.37. The van der Waals surface area contributed by atoms with Crippen LogP contribution >= 0.6 is 11.3 Å². The zero-order chi connectivity index (χ0) is 21.7. The molecule has 1 aliphatic rings. The number of carboxylic acid groups (broad SMARTS) is 1. The molecule has 8 heteroatoms. The molecule has 0 bridgehead atoms. The molecule has 4 N–H and O–H groups in total. The van der Waals surface area contributed by atoms with Gasteiger partial charge in [0.15, 0.2) is 0 Å². The van der Waals surface area contributed by atoms with Gasteiger partial charge < -0.3 is 20.4 Å². The smallest absolute Gasteiger partial charge is 0.303 e. The SMILES string of the molecule is O=C(O)CCCCCC[C@@H]1/C(=C\CC(O)c2nc3cccc(F)c3s2)C(O)C[C@@H]1O. The number of halogens is 1. The zero-order valence-corrected chi connectivity index (χ0v) is 17.5. The van der Waals surface area contributed by atoms with Crippen LogP contribution < -0.4 is 0 Å². The van der Waals surface area contributed by atoms with Crippen molar-refractivity contribution in [3.05, 3.63) is 40.7 Å². The molecular weight excluding hydrogens is 409 g/mol. The number of carbonyl (C=O) groups is 1. The molecule has 1 aliphatic carbocycles. The first-order valence-electron chi connectivity index (χ1n) is 10.4. The first-order valence-corrected chi connectivity index (χ1v) is 11.2. The largest absolute Gasteiger partial charge is 0.481 e. The van der Waals surface area contributed by atoms with Crippen LogP contribution in [0.5, 0.6) is 0 Å². The van der Waals surface area contributed by atoms with Crippen molar-refractivity contribution in [3.63, 3.8) is 0 Å². The molecule has 6 nitrogen and oxygen atoms in total. The van der Waals surface area contributed by atoms with E-state index in [1.165, 1.54) is 6.07 Å². The van der Waals surface area contributed by atoms with Gasteiger partial charge in [0.1, 0.15) is 16.9 Å². The number of rotatable bonds is 10. The Morgan fingerprint density at radius 2 is 2.03 bits per heavy atom. The lowest BCUT2D eigenvalue weighted by Gasteiger charge is -2.17. The van der Waals surface area contributed by atoms with Crippen molar-refractivity contribution in [2.75, 3.05) is 0 Å². The number of unbranched alkanes of at least 4 members (excludes halogenated alkanes) is 3. The van der Waals surface area contributed by atoms with Crippen LogP contribution in [-0.2, 0) is 4.79 Å². The third kappa shape index (κ3) is 5.63. The molecule has 2 unspecified atom stereocenters. The molecule has 1 aromatic heterocycles. The maximum atomic E-state index is 13.9. The van der Waals surface area contributed by atoms with E-state index < -0.39 is 24.3 Å². The van der Waals surface area contributed by atoms with E-state index in [0.29, 0.717) is 28.1 Å². The van der Waals surface area contributed by atoms with E-state index in [9.17, 15) is 24.5 Å². The number of benzene rings is 1. The molecule has 0 radical (unpaired) electrons.